The molecule has 0 aromatic carbocycles. The van der Waals surface area contributed by atoms with Crippen LogP contribution >= 0.6 is 7.60 Å². The smallest absolute Gasteiger partial charge is 0.339 e. The molecule has 12 heteroatoms. The molecule has 2 rings (SSSR count). The summed E-state index contributed by atoms with van der Waals surface area (Å²) >= 11 is 0. The molecule has 0 bridgehead atoms. The van der Waals surface area contributed by atoms with Gasteiger partial charge in [0.1, 0.15) is 5.69 Å². The molecule has 2 unspecified atom stereocenters. The number of methoxy groups -OCH3 is 1. The van der Waals surface area contributed by atoms with Gasteiger partial charge in [-0.15, -0.1) is 0 Å². The quantitative estimate of drug-likeness (QED) is 0.314. The zero-order valence-electron chi connectivity index (χ0n) is 10.4. The number of nitrogens with zero attached hydrogens (tertiary/aromatic N) is 2. The number of hydrogen-bond donors (Lipinski definition) is 5. The first kappa shape index (κ1) is 14.9. The van der Waals surface area contributed by atoms with Crippen molar-refractivity contribution in [2.24, 2.45) is 5.73 Å². The van der Waals surface area contributed by atoms with Gasteiger partial charge in [-0.1, -0.05) is 0 Å². The van der Waals surface area contributed by atoms with Crippen LogP contribution in [-0.4, -0.2) is 51.8 Å². The molecule has 0 saturated heterocycles. The monoisotopic (exact) mass is 307 g/mol. The molecule has 2 heterocycles. The van der Waals surface area contributed by atoms with Crippen molar-refractivity contribution in [1.29, 1.82) is 0 Å². The number of hydrogen-bond acceptors (Lipinski definition) is 7. The lowest BCUT2D eigenvalue weighted by atomic mass is 10.3. The minimum atomic E-state index is -4.37. The fraction of sp³-hybridized carbons (Fsp3) is 0.500. The maximum Gasteiger partial charge on any atom is 0.351 e. The third-order valence-electron chi connectivity index (χ3n) is 2.48. The molecule has 0 radical (unpaired) electrons. The van der Waals surface area contributed by atoms with Crippen LogP contribution in [0, 0.1) is 0 Å². The van der Waals surface area contributed by atoms with E-state index >= 15 is 0 Å². The van der Waals surface area contributed by atoms with Crippen molar-refractivity contribution in [2.45, 2.75) is 12.7 Å². The highest BCUT2D eigenvalue weighted by atomic mass is 31.2. The van der Waals surface area contributed by atoms with Crippen molar-refractivity contribution in [2.75, 3.05) is 18.4 Å². The normalized spacial score (nSPS) is 20.5. The molecule has 20 heavy (non-hydrogen) atoms. The summed E-state index contributed by atoms with van der Waals surface area (Å²) in [5.41, 5.74) is 5.89. The number of nitrogens with one attached hydrogen (secondary N) is 2. The number of carbonyl (C=O) groups is 1. The first-order valence-corrected chi connectivity index (χ1v) is 7.20. The van der Waals surface area contributed by atoms with Crippen LogP contribution in [0.4, 0.5) is 5.82 Å². The van der Waals surface area contributed by atoms with E-state index in [1.165, 1.54) is 18.3 Å². The topological polar surface area (TPSA) is 163 Å². The van der Waals surface area contributed by atoms with E-state index in [1.54, 1.807) is 0 Å². The fourth-order valence-electron chi connectivity index (χ4n) is 1.71. The van der Waals surface area contributed by atoms with Gasteiger partial charge in [0.05, 0.1) is 6.33 Å². The van der Waals surface area contributed by atoms with Gasteiger partial charge in [-0.05, 0) is 0 Å². The van der Waals surface area contributed by atoms with Crippen LogP contribution in [-0.2, 0) is 14.0 Å². The number of amides is 1. The maximum absolute atomic E-state index is 11.6. The fourth-order valence-corrected chi connectivity index (χ4v) is 2.03. The Kier molecular flexibility index (Phi) is 4.09. The van der Waals surface area contributed by atoms with Crippen LogP contribution in [0.5, 0.6) is 0 Å². The number of H-pyrrole nitrogens is 1. The predicted octanol–water partition coefficient (Wildman–Crippen LogP) is -1.72. The van der Waals surface area contributed by atoms with E-state index in [-0.39, 0.29) is 11.5 Å². The Morgan fingerprint density at radius 2 is 2.35 bits per heavy atom. The lowest BCUT2D eigenvalue weighted by molar-refractivity contribution is -0.118. The number of aromatic nitrogens is 2. The second-order valence-electron chi connectivity index (χ2n) is 3.93. The summed E-state index contributed by atoms with van der Waals surface area (Å²) in [6.07, 6.45) is -1.81. The minimum Gasteiger partial charge on any atom is -0.339 e. The van der Waals surface area contributed by atoms with Gasteiger partial charge in [-0.25, -0.2) is 4.98 Å². The molecule has 0 fully saturated rings. The van der Waals surface area contributed by atoms with Gasteiger partial charge in [0.25, 0.3) is 5.91 Å². The molecule has 1 aromatic rings. The number of rotatable bonds is 5. The van der Waals surface area contributed by atoms with Crippen LogP contribution in [0.3, 0.4) is 0 Å². The van der Waals surface area contributed by atoms with Crippen LogP contribution in [0.1, 0.15) is 10.5 Å². The average Bonchev–Trinajstić information content (AvgIpc) is 2.81. The van der Waals surface area contributed by atoms with E-state index in [0.29, 0.717) is 0 Å². The van der Waals surface area contributed by atoms with E-state index in [1.807, 2.05) is 0 Å². The van der Waals surface area contributed by atoms with Crippen molar-refractivity contribution >= 4 is 19.3 Å². The number of aromatic amines is 1. The molecule has 1 aromatic heterocycles. The van der Waals surface area contributed by atoms with E-state index in [0.717, 1.165) is 0 Å². The Labute approximate surface area is 113 Å². The summed E-state index contributed by atoms with van der Waals surface area (Å²) in [5.74, 6) is -0.287. The highest BCUT2D eigenvalue weighted by molar-refractivity contribution is 7.51. The Bertz CT molecular complexity index is 543. The van der Waals surface area contributed by atoms with Crippen LogP contribution in [0.15, 0.2) is 6.33 Å². The van der Waals surface area contributed by atoms with Crippen molar-refractivity contribution < 1.29 is 28.6 Å². The first-order chi connectivity index (χ1) is 9.33. The summed E-state index contributed by atoms with van der Waals surface area (Å²) < 4.78 is 20.8. The Morgan fingerprint density at radius 1 is 1.65 bits per heavy atom. The molecule has 1 aliphatic heterocycles. The number of ether oxygens (including phenoxy) is 2. The average molecular weight is 307 g/mol. The number of nitrogens with two attached hydrogens (primary N) is 1. The number of anilines is 1. The van der Waals surface area contributed by atoms with Gasteiger partial charge >= 0.3 is 7.60 Å². The van der Waals surface area contributed by atoms with Gasteiger partial charge in [0.15, 0.2) is 18.5 Å². The lowest BCUT2D eigenvalue weighted by Crippen LogP contribution is -2.62. The zero-order chi connectivity index (χ0) is 14.9. The van der Waals surface area contributed by atoms with Crippen molar-refractivity contribution in [3.63, 3.8) is 0 Å². The van der Waals surface area contributed by atoms with Crippen LogP contribution in [0.25, 0.3) is 0 Å². The second-order valence-corrected chi connectivity index (χ2v) is 5.52. The lowest BCUT2D eigenvalue weighted by Gasteiger charge is -2.37. The summed E-state index contributed by atoms with van der Waals surface area (Å²) in [6.45, 7) is 0. The van der Waals surface area contributed by atoms with Crippen LogP contribution < -0.4 is 16.0 Å². The van der Waals surface area contributed by atoms with Gasteiger partial charge in [0.2, 0.25) is 6.41 Å². The highest BCUT2D eigenvalue weighted by Gasteiger charge is 2.37. The predicted molar refractivity (Wildman–Crippen MR) is 65.3 cm³/mol. The summed E-state index contributed by atoms with van der Waals surface area (Å²) in [6, 6.07) is 0. The SMILES string of the molecule is COC(OCP(=O)(O)O)N1c2nc[nH]c2C(=O)NC1N. The Balaban J connectivity index is 2.23. The molecule has 0 aliphatic carbocycles. The van der Waals surface area contributed by atoms with Gasteiger partial charge < -0.3 is 29.6 Å². The zero-order valence-corrected chi connectivity index (χ0v) is 11.3. The maximum atomic E-state index is 11.6. The van der Waals surface area contributed by atoms with E-state index in [9.17, 15) is 9.36 Å². The summed E-state index contributed by atoms with van der Waals surface area (Å²) in [7, 11) is -3.11. The highest BCUT2D eigenvalue weighted by Crippen LogP contribution is 2.35. The summed E-state index contributed by atoms with van der Waals surface area (Å²) in [4.78, 5) is 37.1. The molecule has 2 atom stereocenters. The third-order valence-corrected chi connectivity index (χ3v) is 2.97. The van der Waals surface area contributed by atoms with E-state index in [2.05, 4.69) is 15.3 Å². The Morgan fingerprint density at radius 3 is 2.95 bits per heavy atom. The van der Waals surface area contributed by atoms with E-state index < -0.39 is 32.6 Å². The molecular weight excluding hydrogens is 293 g/mol. The molecule has 11 nitrogen and oxygen atoms in total. The van der Waals surface area contributed by atoms with Gasteiger partial charge in [-0.2, -0.15) is 0 Å². The molecule has 0 saturated carbocycles. The second kappa shape index (κ2) is 5.48. The minimum absolute atomic E-state index is 0.147. The Hall–Kier alpha value is -1.49. The molecule has 1 aliphatic rings. The molecule has 0 spiro atoms. The molecule has 1 amide bonds. The van der Waals surface area contributed by atoms with Crippen molar-refractivity contribution in [1.82, 2.24) is 15.3 Å². The standard InChI is InChI=1S/C8H14N5O6P/c1-18-8(19-3-20(15,16)17)13-5-4(10-2-11-5)6(14)12-7(13)9/h2,7-8H,3,9H2,1H3,(H,10,11)(H,12,14)(H2,15,16,17). The molecule has 6 N–H and O–H groups in total. The first-order valence-electron chi connectivity index (χ1n) is 5.40. The van der Waals surface area contributed by atoms with Gasteiger partial charge in [0, 0.05) is 7.11 Å². The number of fused-ring (bicyclic) bond motifs is 1. The van der Waals surface area contributed by atoms with Gasteiger partial charge in [-0.3, -0.25) is 20.0 Å². The summed E-state index contributed by atoms with van der Waals surface area (Å²) in [5, 5.41) is 2.42. The number of imidazole rings is 1. The van der Waals surface area contributed by atoms with E-state index in [4.69, 9.17) is 25.0 Å². The largest absolute Gasteiger partial charge is 0.351 e. The van der Waals surface area contributed by atoms with Crippen molar-refractivity contribution in [3.8, 4) is 0 Å². The van der Waals surface area contributed by atoms with Crippen LogP contribution in [0.2, 0.25) is 0 Å². The third kappa shape index (κ3) is 2.98. The number of carbonyl (C=O) groups excluding carboxylic acids is 1. The van der Waals surface area contributed by atoms with Crippen molar-refractivity contribution in [3.05, 3.63) is 12.0 Å². The molecule has 112 valence electrons. The molecular formula is C8H14N5O6P.